The van der Waals surface area contributed by atoms with Crippen molar-refractivity contribution in [2.24, 2.45) is 5.41 Å². The molecule has 92 valence electrons. The minimum Gasteiger partial charge on any atom is -0.359 e. The van der Waals surface area contributed by atoms with Crippen LogP contribution >= 0.6 is 11.6 Å². The van der Waals surface area contributed by atoms with Crippen LogP contribution in [-0.2, 0) is 9.59 Å². The molecule has 2 amide bonds. The third-order valence-electron chi connectivity index (χ3n) is 3.13. The Balaban J connectivity index is 2.51. The lowest BCUT2D eigenvalue weighted by Crippen LogP contribution is -2.40. The third-order valence-corrected chi connectivity index (χ3v) is 3.39. The zero-order chi connectivity index (χ0) is 12.2. The van der Waals surface area contributed by atoms with E-state index in [4.69, 9.17) is 11.6 Å². The lowest BCUT2D eigenvalue weighted by Gasteiger charge is -2.22. The average Bonchev–Trinajstić information content (AvgIpc) is 2.69. The van der Waals surface area contributed by atoms with E-state index in [-0.39, 0.29) is 11.8 Å². The number of carbonyl (C=O) groups excluding carboxylic acids is 2. The first-order valence-electron chi connectivity index (χ1n) is 5.59. The second-order valence-electron chi connectivity index (χ2n) is 4.50. The van der Waals surface area contributed by atoms with Crippen LogP contribution in [0.4, 0.5) is 0 Å². The number of carbonyl (C=O) groups is 2. The minimum absolute atomic E-state index is 0.0140. The standard InChI is InChI=1S/C11H19ClN2O2/c1-11(10(16)13-2)5-7-14(8-11)9(15)4-3-6-12/h3-8H2,1-2H3,(H,13,16). The minimum atomic E-state index is -0.425. The molecule has 1 aliphatic rings. The molecule has 0 bridgehead atoms. The van der Waals surface area contributed by atoms with Gasteiger partial charge in [0.15, 0.2) is 0 Å². The predicted octanol–water partition coefficient (Wildman–Crippen LogP) is 0.990. The molecule has 5 heteroatoms. The van der Waals surface area contributed by atoms with Crippen molar-refractivity contribution < 1.29 is 9.59 Å². The molecule has 0 aromatic rings. The smallest absolute Gasteiger partial charge is 0.227 e. The summed E-state index contributed by atoms with van der Waals surface area (Å²) in [6.07, 6.45) is 1.92. The lowest BCUT2D eigenvalue weighted by molar-refractivity contribution is -0.132. The van der Waals surface area contributed by atoms with Gasteiger partial charge in [0.25, 0.3) is 0 Å². The quantitative estimate of drug-likeness (QED) is 0.752. The zero-order valence-corrected chi connectivity index (χ0v) is 10.6. The van der Waals surface area contributed by atoms with Gasteiger partial charge in [0.1, 0.15) is 0 Å². The van der Waals surface area contributed by atoms with E-state index in [9.17, 15) is 9.59 Å². The van der Waals surface area contributed by atoms with Crippen molar-refractivity contribution >= 4 is 23.4 Å². The summed E-state index contributed by atoms with van der Waals surface area (Å²) in [7, 11) is 1.63. The van der Waals surface area contributed by atoms with Gasteiger partial charge in [0, 0.05) is 32.4 Å². The summed E-state index contributed by atoms with van der Waals surface area (Å²) in [6.45, 7) is 3.10. The number of hydrogen-bond acceptors (Lipinski definition) is 2. The summed E-state index contributed by atoms with van der Waals surface area (Å²) < 4.78 is 0. The largest absolute Gasteiger partial charge is 0.359 e. The molecule has 0 aromatic heterocycles. The number of alkyl halides is 1. The highest BCUT2D eigenvalue weighted by molar-refractivity contribution is 6.17. The monoisotopic (exact) mass is 246 g/mol. The SMILES string of the molecule is CNC(=O)C1(C)CCN(C(=O)CCCCl)C1. The number of rotatable bonds is 4. The van der Waals surface area contributed by atoms with Crippen LogP contribution in [0.3, 0.4) is 0 Å². The molecule has 1 unspecified atom stereocenters. The maximum Gasteiger partial charge on any atom is 0.227 e. The second kappa shape index (κ2) is 5.53. The average molecular weight is 247 g/mol. The molecule has 1 fully saturated rings. The topological polar surface area (TPSA) is 49.4 Å². The van der Waals surface area contributed by atoms with Gasteiger partial charge < -0.3 is 10.2 Å². The fourth-order valence-corrected chi connectivity index (χ4v) is 2.17. The Kier molecular flexibility index (Phi) is 4.59. The molecule has 0 saturated carbocycles. The molecular weight excluding hydrogens is 228 g/mol. The molecule has 1 N–H and O–H groups in total. The molecule has 1 aliphatic heterocycles. The molecule has 0 radical (unpaired) electrons. The van der Waals surface area contributed by atoms with Crippen LogP contribution in [0.2, 0.25) is 0 Å². The molecule has 4 nitrogen and oxygen atoms in total. The van der Waals surface area contributed by atoms with Crippen LogP contribution in [0.1, 0.15) is 26.2 Å². The highest BCUT2D eigenvalue weighted by atomic mass is 35.5. The number of nitrogens with one attached hydrogen (secondary N) is 1. The normalized spacial score (nSPS) is 24.6. The summed E-state index contributed by atoms with van der Waals surface area (Å²) in [6, 6.07) is 0. The van der Waals surface area contributed by atoms with Crippen LogP contribution in [0.25, 0.3) is 0 Å². The Labute approximate surface area is 101 Å². The van der Waals surface area contributed by atoms with E-state index in [1.165, 1.54) is 0 Å². The van der Waals surface area contributed by atoms with Gasteiger partial charge in [-0.15, -0.1) is 11.6 Å². The van der Waals surface area contributed by atoms with E-state index in [1.807, 2.05) is 6.92 Å². The van der Waals surface area contributed by atoms with Crippen molar-refractivity contribution in [3.05, 3.63) is 0 Å². The molecule has 0 aromatic carbocycles. The van der Waals surface area contributed by atoms with Crippen LogP contribution in [0.5, 0.6) is 0 Å². The van der Waals surface area contributed by atoms with Gasteiger partial charge in [0.05, 0.1) is 5.41 Å². The van der Waals surface area contributed by atoms with Gasteiger partial charge in [0.2, 0.25) is 11.8 Å². The van der Waals surface area contributed by atoms with Gasteiger partial charge in [-0.1, -0.05) is 0 Å². The highest BCUT2D eigenvalue weighted by Gasteiger charge is 2.41. The lowest BCUT2D eigenvalue weighted by atomic mass is 9.89. The van der Waals surface area contributed by atoms with E-state index in [0.717, 1.165) is 6.42 Å². The van der Waals surface area contributed by atoms with Crippen LogP contribution in [0.15, 0.2) is 0 Å². The Morgan fingerprint density at radius 2 is 2.19 bits per heavy atom. The fourth-order valence-electron chi connectivity index (χ4n) is 2.04. The maximum absolute atomic E-state index is 11.7. The van der Waals surface area contributed by atoms with Gasteiger partial charge in [-0.2, -0.15) is 0 Å². The zero-order valence-electron chi connectivity index (χ0n) is 9.88. The Morgan fingerprint density at radius 1 is 1.50 bits per heavy atom. The van der Waals surface area contributed by atoms with Crippen LogP contribution < -0.4 is 5.32 Å². The number of likely N-dealkylation sites (tertiary alicyclic amines) is 1. The Hall–Kier alpha value is -0.770. The fraction of sp³-hybridized carbons (Fsp3) is 0.818. The molecule has 16 heavy (non-hydrogen) atoms. The summed E-state index contributed by atoms with van der Waals surface area (Å²) in [5, 5.41) is 2.65. The molecule has 1 atom stereocenters. The first-order chi connectivity index (χ1) is 7.53. The van der Waals surface area contributed by atoms with E-state index in [1.54, 1.807) is 11.9 Å². The molecule has 1 rings (SSSR count). The van der Waals surface area contributed by atoms with Gasteiger partial charge in [-0.25, -0.2) is 0 Å². The summed E-state index contributed by atoms with van der Waals surface area (Å²) in [5.74, 6) is 0.625. The summed E-state index contributed by atoms with van der Waals surface area (Å²) >= 11 is 5.55. The van der Waals surface area contributed by atoms with Crippen LogP contribution in [0, 0.1) is 5.41 Å². The predicted molar refractivity (Wildman–Crippen MR) is 63.3 cm³/mol. The number of nitrogens with zero attached hydrogens (tertiary/aromatic N) is 1. The van der Waals surface area contributed by atoms with Gasteiger partial charge >= 0.3 is 0 Å². The van der Waals surface area contributed by atoms with Crippen molar-refractivity contribution in [3.63, 3.8) is 0 Å². The van der Waals surface area contributed by atoms with Crippen molar-refractivity contribution in [2.75, 3.05) is 26.0 Å². The van der Waals surface area contributed by atoms with Crippen molar-refractivity contribution in [1.29, 1.82) is 0 Å². The Bertz CT molecular complexity index is 283. The van der Waals surface area contributed by atoms with Crippen molar-refractivity contribution in [3.8, 4) is 0 Å². The summed E-state index contributed by atoms with van der Waals surface area (Å²) in [5.41, 5.74) is -0.425. The highest BCUT2D eigenvalue weighted by Crippen LogP contribution is 2.30. The van der Waals surface area contributed by atoms with E-state index in [2.05, 4.69) is 5.32 Å². The first-order valence-corrected chi connectivity index (χ1v) is 6.13. The summed E-state index contributed by atoms with van der Waals surface area (Å²) in [4.78, 5) is 25.2. The first kappa shape index (κ1) is 13.3. The number of halogens is 1. The second-order valence-corrected chi connectivity index (χ2v) is 4.88. The van der Waals surface area contributed by atoms with E-state index in [0.29, 0.717) is 31.8 Å². The van der Waals surface area contributed by atoms with Crippen molar-refractivity contribution in [1.82, 2.24) is 10.2 Å². The van der Waals surface area contributed by atoms with E-state index >= 15 is 0 Å². The Morgan fingerprint density at radius 3 is 2.75 bits per heavy atom. The van der Waals surface area contributed by atoms with Gasteiger partial charge in [-0.3, -0.25) is 9.59 Å². The van der Waals surface area contributed by atoms with Crippen LogP contribution in [-0.4, -0.2) is 42.7 Å². The molecular formula is C11H19ClN2O2. The molecule has 1 saturated heterocycles. The number of amides is 2. The molecule has 0 aliphatic carbocycles. The molecule has 0 spiro atoms. The van der Waals surface area contributed by atoms with Gasteiger partial charge in [-0.05, 0) is 19.8 Å². The van der Waals surface area contributed by atoms with E-state index < -0.39 is 5.41 Å². The molecule has 1 heterocycles. The third kappa shape index (κ3) is 2.88. The number of hydrogen-bond donors (Lipinski definition) is 1. The van der Waals surface area contributed by atoms with Crippen molar-refractivity contribution in [2.45, 2.75) is 26.2 Å². The maximum atomic E-state index is 11.7.